The van der Waals surface area contributed by atoms with Gasteiger partial charge in [-0.2, -0.15) is 0 Å². The topological polar surface area (TPSA) is 130 Å². The van der Waals surface area contributed by atoms with E-state index >= 15 is 0 Å². The van der Waals surface area contributed by atoms with Crippen molar-refractivity contribution in [1.82, 2.24) is 15.1 Å². The number of nitrogens with zero attached hydrogens (tertiary/aromatic N) is 2. The second kappa shape index (κ2) is 7.64. The van der Waals surface area contributed by atoms with Gasteiger partial charge < -0.3 is 10.6 Å². The van der Waals surface area contributed by atoms with Crippen LogP contribution in [-0.2, 0) is 32.5 Å². The van der Waals surface area contributed by atoms with E-state index in [-0.39, 0.29) is 41.2 Å². The van der Waals surface area contributed by atoms with Gasteiger partial charge in [0.1, 0.15) is 15.9 Å². The Kier molecular flexibility index (Phi) is 5.14. The van der Waals surface area contributed by atoms with Crippen LogP contribution in [0.1, 0.15) is 47.2 Å². The maximum Gasteiger partial charge on any atom is 0.255 e. The molecule has 0 aliphatic carbocycles. The number of sulfone groups is 1. The fourth-order valence-electron chi connectivity index (χ4n) is 5.73. The van der Waals surface area contributed by atoms with Crippen LogP contribution in [0.15, 0.2) is 18.2 Å². The van der Waals surface area contributed by atoms with Crippen LogP contribution >= 0.6 is 0 Å². The predicted octanol–water partition coefficient (Wildman–Crippen LogP) is -0.214. The summed E-state index contributed by atoms with van der Waals surface area (Å²) in [6.45, 7) is 2.41. The zero-order chi connectivity index (χ0) is 22.7. The molecule has 9 nitrogen and oxygen atoms in total. The molecule has 1 aromatic rings. The lowest BCUT2D eigenvalue weighted by Gasteiger charge is -2.36. The molecule has 2 unspecified atom stereocenters. The molecule has 0 aromatic heterocycles. The van der Waals surface area contributed by atoms with E-state index in [9.17, 15) is 22.8 Å². The smallest absolute Gasteiger partial charge is 0.255 e. The van der Waals surface area contributed by atoms with Crippen LogP contribution in [-0.4, -0.2) is 72.6 Å². The molecule has 1 spiro atoms. The lowest BCUT2D eigenvalue weighted by atomic mass is 9.78. The molecule has 2 atom stereocenters. The Labute approximate surface area is 187 Å². The van der Waals surface area contributed by atoms with Crippen LogP contribution in [0.2, 0.25) is 0 Å². The number of amides is 3. The highest BCUT2D eigenvalue weighted by atomic mass is 32.2. The number of carbonyl (C=O) groups excluding carboxylic acids is 3. The van der Waals surface area contributed by atoms with Crippen molar-refractivity contribution in [1.29, 1.82) is 0 Å². The number of hydrogen-bond acceptors (Lipinski definition) is 7. The molecule has 4 aliphatic rings. The normalized spacial score (nSPS) is 29.4. The zero-order valence-electron chi connectivity index (χ0n) is 17.9. The van der Waals surface area contributed by atoms with E-state index in [0.29, 0.717) is 44.5 Å². The summed E-state index contributed by atoms with van der Waals surface area (Å²) in [6.07, 6.45) is 1.77. The van der Waals surface area contributed by atoms with Gasteiger partial charge in [-0.3, -0.25) is 24.6 Å². The zero-order valence-corrected chi connectivity index (χ0v) is 18.7. The average molecular weight is 461 g/mol. The first-order valence-corrected chi connectivity index (χ1v) is 12.9. The Morgan fingerprint density at radius 2 is 1.91 bits per heavy atom. The van der Waals surface area contributed by atoms with Crippen molar-refractivity contribution in [3.05, 3.63) is 34.9 Å². The van der Waals surface area contributed by atoms with Crippen LogP contribution in [0.3, 0.4) is 0 Å². The summed E-state index contributed by atoms with van der Waals surface area (Å²) in [7, 11) is -2.96. The molecule has 32 heavy (non-hydrogen) atoms. The monoisotopic (exact) mass is 460 g/mol. The molecular formula is C22H28N4O5S. The second-order valence-electron chi connectivity index (χ2n) is 9.63. The number of hydrogen-bond donors (Lipinski definition) is 2. The van der Waals surface area contributed by atoms with Crippen molar-refractivity contribution in [2.45, 2.75) is 50.9 Å². The standard InChI is InChI=1S/C22H28N4O5S/c23-18-12-25(13-22(18)6-8-32(30,31)9-7-22)10-14-2-1-3-15-16(14)11-26(21(15)29)17-4-5-19(27)24-20(17)28/h1-3,17-18H,4-13,23H2,(H,24,27,28). The number of nitrogens with one attached hydrogen (secondary N) is 1. The average Bonchev–Trinajstić information content (AvgIpc) is 3.23. The number of fused-ring (bicyclic) bond motifs is 1. The van der Waals surface area contributed by atoms with Crippen LogP contribution in [0, 0.1) is 5.41 Å². The van der Waals surface area contributed by atoms with Crippen molar-refractivity contribution >= 4 is 27.6 Å². The van der Waals surface area contributed by atoms with Gasteiger partial charge in [-0.05, 0) is 36.5 Å². The highest BCUT2D eigenvalue weighted by Crippen LogP contribution is 2.41. The van der Waals surface area contributed by atoms with Gasteiger partial charge >= 0.3 is 0 Å². The molecule has 10 heteroatoms. The number of piperidine rings is 1. The first kappa shape index (κ1) is 21.5. The van der Waals surface area contributed by atoms with Crippen LogP contribution in [0.4, 0.5) is 0 Å². The van der Waals surface area contributed by atoms with Crippen LogP contribution in [0.5, 0.6) is 0 Å². The third kappa shape index (κ3) is 3.64. The number of imide groups is 1. The predicted molar refractivity (Wildman–Crippen MR) is 116 cm³/mol. The molecule has 3 N–H and O–H groups in total. The van der Waals surface area contributed by atoms with Gasteiger partial charge in [0.25, 0.3) is 5.91 Å². The van der Waals surface area contributed by atoms with E-state index in [0.717, 1.165) is 17.7 Å². The Morgan fingerprint density at radius 3 is 2.62 bits per heavy atom. The van der Waals surface area contributed by atoms with E-state index in [4.69, 9.17) is 5.73 Å². The number of carbonyl (C=O) groups is 3. The fourth-order valence-corrected chi connectivity index (χ4v) is 7.37. The third-order valence-electron chi connectivity index (χ3n) is 7.67. The lowest BCUT2D eigenvalue weighted by Crippen LogP contribution is -2.52. The van der Waals surface area contributed by atoms with Gasteiger partial charge in [0, 0.05) is 49.6 Å². The summed E-state index contributed by atoms with van der Waals surface area (Å²) >= 11 is 0. The maximum absolute atomic E-state index is 13.0. The van der Waals surface area contributed by atoms with E-state index in [1.165, 1.54) is 0 Å². The van der Waals surface area contributed by atoms with Crippen molar-refractivity contribution in [2.75, 3.05) is 24.6 Å². The molecular weight excluding hydrogens is 432 g/mol. The SMILES string of the molecule is NC1CN(Cc2cccc3c2CN(C2CCC(=O)NC2=O)C3=O)CC12CCS(=O)(=O)CC2. The molecule has 0 radical (unpaired) electrons. The molecule has 1 aromatic carbocycles. The minimum Gasteiger partial charge on any atom is -0.326 e. The largest absolute Gasteiger partial charge is 0.326 e. The summed E-state index contributed by atoms with van der Waals surface area (Å²) in [6, 6.07) is 4.95. The molecule has 3 amide bonds. The molecule has 172 valence electrons. The summed E-state index contributed by atoms with van der Waals surface area (Å²) in [5.74, 6) is -0.493. The first-order valence-electron chi connectivity index (χ1n) is 11.1. The van der Waals surface area contributed by atoms with E-state index in [1.807, 2.05) is 12.1 Å². The van der Waals surface area contributed by atoms with Gasteiger partial charge in [-0.1, -0.05) is 12.1 Å². The second-order valence-corrected chi connectivity index (χ2v) is 11.9. The van der Waals surface area contributed by atoms with Crippen molar-refractivity contribution in [3.8, 4) is 0 Å². The van der Waals surface area contributed by atoms with Crippen LogP contribution in [0.25, 0.3) is 0 Å². The molecule has 4 heterocycles. The first-order chi connectivity index (χ1) is 15.2. The van der Waals surface area contributed by atoms with Gasteiger partial charge in [0.2, 0.25) is 11.8 Å². The fraction of sp³-hybridized carbons (Fsp3) is 0.591. The molecule has 5 rings (SSSR count). The minimum absolute atomic E-state index is 0.0728. The summed E-state index contributed by atoms with van der Waals surface area (Å²) in [4.78, 5) is 40.7. The van der Waals surface area contributed by atoms with Gasteiger partial charge in [-0.15, -0.1) is 0 Å². The Bertz CT molecular complexity index is 1090. The Hall–Kier alpha value is -2.30. The van der Waals surface area contributed by atoms with Gasteiger partial charge in [0.15, 0.2) is 0 Å². The van der Waals surface area contributed by atoms with Crippen molar-refractivity contribution < 1.29 is 22.8 Å². The Morgan fingerprint density at radius 1 is 1.16 bits per heavy atom. The van der Waals surface area contributed by atoms with Gasteiger partial charge in [0.05, 0.1) is 11.5 Å². The molecule has 0 bridgehead atoms. The minimum atomic E-state index is -2.96. The van der Waals surface area contributed by atoms with Crippen molar-refractivity contribution in [3.63, 3.8) is 0 Å². The lowest BCUT2D eigenvalue weighted by molar-refractivity contribution is -0.136. The quantitative estimate of drug-likeness (QED) is 0.597. The van der Waals surface area contributed by atoms with Gasteiger partial charge in [-0.25, -0.2) is 8.42 Å². The third-order valence-corrected chi connectivity index (χ3v) is 9.33. The number of likely N-dealkylation sites (tertiary alicyclic amines) is 1. The van der Waals surface area contributed by atoms with Crippen molar-refractivity contribution in [2.24, 2.45) is 11.1 Å². The van der Waals surface area contributed by atoms with E-state index in [1.54, 1.807) is 11.0 Å². The molecule has 3 saturated heterocycles. The Balaban J connectivity index is 1.32. The number of benzene rings is 1. The summed E-state index contributed by atoms with van der Waals surface area (Å²) in [5, 5.41) is 2.33. The molecule has 3 fully saturated rings. The molecule has 4 aliphatic heterocycles. The van der Waals surface area contributed by atoms with Crippen LogP contribution < -0.4 is 11.1 Å². The summed E-state index contributed by atoms with van der Waals surface area (Å²) in [5.41, 5.74) is 8.87. The number of rotatable bonds is 3. The summed E-state index contributed by atoms with van der Waals surface area (Å²) < 4.78 is 23.8. The highest BCUT2D eigenvalue weighted by Gasteiger charge is 2.48. The molecule has 0 saturated carbocycles. The maximum atomic E-state index is 13.0. The highest BCUT2D eigenvalue weighted by molar-refractivity contribution is 7.91. The van der Waals surface area contributed by atoms with E-state index in [2.05, 4.69) is 10.2 Å². The number of nitrogens with two attached hydrogens (primary N) is 1. The van der Waals surface area contributed by atoms with E-state index < -0.39 is 21.8 Å².